The molecule has 0 aliphatic carbocycles. The lowest BCUT2D eigenvalue weighted by atomic mass is 9.99. The Kier molecular flexibility index (Phi) is 7.23. The van der Waals surface area contributed by atoms with Crippen molar-refractivity contribution in [2.24, 2.45) is 0 Å². The molecular weight excluding hydrogens is 392 g/mol. The lowest BCUT2D eigenvalue weighted by molar-refractivity contribution is -0.127. The van der Waals surface area contributed by atoms with Crippen molar-refractivity contribution < 1.29 is 19.0 Å². The molecule has 29 heavy (non-hydrogen) atoms. The van der Waals surface area contributed by atoms with Gasteiger partial charge in [0.15, 0.2) is 17.6 Å². The molecule has 1 aliphatic rings. The number of carbonyl (C=O) groups is 1. The topological polar surface area (TPSA) is 60.0 Å². The van der Waals surface area contributed by atoms with E-state index in [1.165, 1.54) is 11.1 Å². The standard InChI is InChI=1S/C22H27ClN2O4/c1-15(29-19-6-4-18(23)5-7-19)22(26)24-9-11-25-10-8-16-12-20(27-2)21(28-3)13-17(16)14-25/h4-7,12-13,15H,8-11,14H2,1-3H3,(H,24,26). The van der Waals surface area contributed by atoms with Gasteiger partial charge >= 0.3 is 0 Å². The molecule has 0 fully saturated rings. The number of hydrogen-bond acceptors (Lipinski definition) is 5. The fourth-order valence-electron chi connectivity index (χ4n) is 3.38. The Morgan fingerprint density at radius 2 is 1.79 bits per heavy atom. The quantitative estimate of drug-likeness (QED) is 0.712. The molecule has 1 aliphatic heterocycles. The van der Waals surface area contributed by atoms with Crippen LogP contribution in [0.15, 0.2) is 36.4 Å². The smallest absolute Gasteiger partial charge is 0.260 e. The Labute approximate surface area is 176 Å². The summed E-state index contributed by atoms with van der Waals surface area (Å²) in [5, 5.41) is 3.58. The third-order valence-corrected chi connectivity index (χ3v) is 5.27. The second-order valence-electron chi connectivity index (χ2n) is 7.01. The van der Waals surface area contributed by atoms with Gasteiger partial charge in [-0.25, -0.2) is 0 Å². The molecule has 1 N–H and O–H groups in total. The van der Waals surface area contributed by atoms with Crippen LogP contribution in [0.1, 0.15) is 18.1 Å². The van der Waals surface area contributed by atoms with Crippen molar-refractivity contribution >= 4 is 17.5 Å². The minimum Gasteiger partial charge on any atom is -0.493 e. The zero-order chi connectivity index (χ0) is 20.8. The third kappa shape index (κ3) is 5.55. The van der Waals surface area contributed by atoms with Crippen molar-refractivity contribution in [1.82, 2.24) is 10.2 Å². The van der Waals surface area contributed by atoms with E-state index in [0.29, 0.717) is 17.3 Å². The van der Waals surface area contributed by atoms with Crippen LogP contribution in [0.3, 0.4) is 0 Å². The van der Waals surface area contributed by atoms with Gasteiger partial charge in [0.2, 0.25) is 0 Å². The second-order valence-corrected chi connectivity index (χ2v) is 7.44. The summed E-state index contributed by atoms with van der Waals surface area (Å²) in [6.07, 6.45) is 0.370. The molecule has 1 heterocycles. The summed E-state index contributed by atoms with van der Waals surface area (Å²) in [7, 11) is 3.30. The van der Waals surface area contributed by atoms with E-state index in [9.17, 15) is 4.79 Å². The predicted octanol–water partition coefficient (Wildman–Crippen LogP) is 3.30. The lowest BCUT2D eigenvalue weighted by Gasteiger charge is -2.29. The minimum absolute atomic E-state index is 0.135. The Morgan fingerprint density at radius 1 is 1.14 bits per heavy atom. The van der Waals surface area contributed by atoms with Gasteiger partial charge in [0.25, 0.3) is 5.91 Å². The first-order valence-electron chi connectivity index (χ1n) is 9.66. The highest BCUT2D eigenvalue weighted by Gasteiger charge is 2.20. The molecule has 3 rings (SSSR count). The highest BCUT2D eigenvalue weighted by molar-refractivity contribution is 6.30. The maximum atomic E-state index is 12.3. The van der Waals surface area contributed by atoms with Gasteiger partial charge in [0.05, 0.1) is 14.2 Å². The summed E-state index contributed by atoms with van der Waals surface area (Å²) in [6.45, 7) is 4.83. The van der Waals surface area contributed by atoms with Gasteiger partial charge in [0.1, 0.15) is 5.75 Å². The van der Waals surface area contributed by atoms with Gasteiger partial charge in [-0.2, -0.15) is 0 Å². The number of amides is 1. The van der Waals surface area contributed by atoms with Crippen molar-refractivity contribution in [3.63, 3.8) is 0 Å². The SMILES string of the molecule is COc1cc2c(cc1OC)CN(CCNC(=O)C(C)Oc1ccc(Cl)cc1)CC2. The molecule has 0 aromatic heterocycles. The van der Waals surface area contributed by atoms with Gasteiger partial charge in [0, 0.05) is 31.2 Å². The number of nitrogens with one attached hydrogen (secondary N) is 1. The Bertz CT molecular complexity index is 841. The van der Waals surface area contributed by atoms with Gasteiger partial charge < -0.3 is 19.5 Å². The van der Waals surface area contributed by atoms with E-state index >= 15 is 0 Å². The molecule has 1 atom stereocenters. The first kappa shape index (κ1) is 21.3. The molecule has 0 saturated heterocycles. The van der Waals surface area contributed by atoms with Crippen molar-refractivity contribution in [3.8, 4) is 17.2 Å². The van der Waals surface area contributed by atoms with Gasteiger partial charge in [-0.3, -0.25) is 9.69 Å². The molecular formula is C22H27ClN2O4. The third-order valence-electron chi connectivity index (χ3n) is 5.02. The van der Waals surface area contributed by atoms with E-state index in [1.807, 2.05) is 6.07 Å². The fraction of sp³-hybridized carbons (Fsp3) is 0.409. The van der Waals surface area contributed by atoms with E-state index in [2.05, 4.69) is 16.3 Å². The van der Waals surface area contributed by atoms with Crippen LogP contribution in [0, 0.1) is 0 Å². The van der Waals surface area contributed by atoms with Gasteiger partial charge in [-0.05, 0) is 60.9 Å². The van der Waals surface area contributed by atoms with Crippen molar-refractivity contribution in [1.29, 1.82) is 0 Å². The summed E-state index contributed by atoms with van der Waals surface area (Å²) < 4.78 is 16.5. The van der Waals surface area contributed by atoms with Crippen LogP contribution in [-0.4, -0.2) is 50.8 Å². The number of carbonyl (C=O) groups excluding carboxylic acids is 1. The van der Waals surface area contributed by atoms with Crippen molar-refractivity contribution in [3.05, 3.63) is 52.5 Å². The Balaban J connectivity index is 1.47. The summed E-state index contributed by atoms with van der Waals surface area (Å²) in [5.41, 5.74) is 2.52. The van der Waals surface area contributed by atoms with Crippen molar-refractivity contribution in [2.75, 3.05) is 33.9 Å². The largest absolute Gasteiger partial charge is 0.493 e. The van der Waals surface area contributed by atoms with E-state index in [4.69, 9.17) is 25.8 Å². The number of fused-ring (bicyclic) bond motifs is 1. The number of halogens is 1. The monoisotopic (exact) mass is 418 g/mol. The number of rotatable bonds is 8. The molecule has 1 unspecified atom stereocenters. The number of hydrogen-bond donors (Lipinski definition) is 1. The minimum atomic E-state index is -0.574. The van der Waals surface area contributed by atoms with Crippen LogP contribution >= 0.6 is 11.6 Å². The molecule has 2 aromatic rings. The molecule has 0 spiro atoms. The molecule has 0 saturated carbocycles. The van der Waals surface area contributed by atoms with Crippen LogP contribution in [0.4, 0.5) is 0 Å². The second kappa shape index (κ2) is 9.85. The average molecular weight is 419 g/mol. The number of nitrogens with zero attached hydrogens (tertiary/aromatic N) is 1. The highest BCUT2D eigenvalue weighted by atomic mass is 35.5. The van der Waals surface area contributed by atoms with E-state index in [-0.39, 0.29) is 5.91 Å². The molecule has 6 nitrogen and oxygen atoms in total. The molecule has 0 bridgehead atoms. The number of benzene rings is 2. The van der Waals surface area contributed by atoms with Crippen LogP contribution in [0.25, 0.3) is 0 Å². The lowest BCUT2D eigenvalue weighted by Crippen LogP contribution is -2.42. The Hall–Kier alpha value is -2.44. The highest BCUT2D eigenvalue weighted by Crippen LogP contribution is 2.33. The van der Waals surface area contributed by atoms with Gasteiger partial charge in [-0.15, -0.1) is 0 Å². The summed E-state index contributed by atoms with van der Waals surface area (Å²) in [4.78, 5) is 14.6. The zero-order valence-electron chi connectivity index (χ0n) is 17.0. The summed E-state index contributed by atoms with van der Waals surface area (Å²) in [6, 6.07) is 11.1. The first-order valence-corrected chi connectivity index (χ1v) is 10.0. The fourth-order valence-corrected chi connectivity index (χ4v) is 3.51. The molecule has 1 amide bonds. The van der Waals surface area contributed by atoms with Crippen LogP contribution < -0.4 is 19.5 Å². The predicted molar refractivity (Wildman–Crippen MR) is 113 cm³/mol. The average Bonchev–Trinajstić information content (AvgIpc) is 2.74. The molecule has 2 aromatic carbocycles. The maximum absolute atomic E-state index is 12.3. The molecule has 156 valence electrons. The zero-order valence-corrected chi connectivity index (χ0v) is 17.8. The summed E-state index contributed by atoms with van der Waals surface area (Å²) >= 11 is 5.86. The number of ether oxygens (including phenoxy) is 3. The van der Waals surface area contributed by atoms with E-state index in [1.54, 1.807) is 45.4 Å². The van der Waals surface area contributed by atoms with Crippen LogP contribution in [0.5, 0.6) is 17.2 Å². The maximum Gasteiger partial charge on any atom is 0.260 e. The van der Waals surface area contributed by atoms with Gasteiger partial charge in [-0.1, -0.05) is 11.6 Å². The molecule has 0 radical (unpaired) electrons. The number of methoxy groups -OCH3 is 2. The molecule has 7 heteroatoms. The summed E-state index contributed by atoms with van der Waals surface area (Å²) in [5.74, 6) is 1.99. The first-order chi connectivity index (χ1) is 14.0. The van der Waals surface area contributed by atoms with Crippen LogP contribution in [0.2, 0.25) is 5.02 Å². The van der Waals surface area contributed by atoms with Crippen molar-refractivity contribution in [2.45, 2.75) is 26.0 Å². The van der Waals surface area contributed by atoms with Crippen LogP contribution in [-0.2, 0) is 17.8 Å². The normalized spacial score (nSPS) is 14.6. The van der Waals surface area contributed by atoms with E-state index in [0.717, 1.165) is 37.6 Å². The Morgan fingerprint density at radius 3 is 2.45 bits per heavy atom. The van der Waals surface area contributed by atoms with E-state index < -0.39 is 6.10 Å².